The van der Waals surface area contributed by atoms with Gasteiger partial charge in [-0.3, -0.25) is 0 Å². The average Bonchev–Trinajstić information content (AvgIpc) is 2.56. The first kappa shape index (κ1) is 16.1. The molecule has 0 atom stereocenters. The van der Waals surface area contributed by atoms with Crippen LogP contribution in [0.25, 0.3) is 11.0 Å². The summed E-state index contributed by atoms with van der Waals surface area (Å²) in [5.74, 6) is 0.623. The zero-order valence-electron chi connectivity index (χ0n) is 14.1. The van der Waals surface area contributed by atoms with E-state index in [2.05, 4.69) is 31.3 Å². The second-order valence-corrected chi connectivity index (χ2v) is 6.31. The summed E-state index contributed by atoms with van der Waals surface area (Å²) >= 11 is 0. The zero-order chi connectivity index (χ0) is 17.3. The first-order valence-electron chi connectivity index (χ1n) is 8.05. The van der Waals surface area contributed by atoms with E-state index in [0.717, 1.165) is 16.6 Å². The highest BCUT2D eigenvalue weighted by Crippen LogP contribution is 2.27. The minimum absolute atomic E-state index is 0.125. The number of aromatic hydroxyl groups is 1. The van der Waals surface area contributed by atoms with Gasteiger partial charge in [0.05, 0.1) is 0 Å². The number of fused-ring (bicyclic) bond motifs is 1. The summed E-state index contributed by atoms with van der Waals surface area (Å²) in [7, 11) is 0. The van der Waals surface area contributed by atoms with E-state index in [1.54, 1.807) is 19.1 Å². The lowest BCUT2D eigenvalue weighted by atomic mass is 10.0. The fourth-order valence-electron chi connectivity index (χ4n) is 2.75. The van der Waals surface area contributed by atoms with Crippen molar-refractivity contribution in [2.24, 2.45) is 0 Å². The van der Waals surface area contributed by atoms with Crippen LogP contribution in [0.2, 0.25) is 0 Å². The summed E-state index contributed by atoms with van der Waals surface area (Å²) in [5.41, 5.74) is 3.73. The average molecular weight is 323 g/mol. The molecule has 0 saturated carbocycles. The van der Waals surface area contributed by atoms with Crippen LogP contribution in [0.1, 0.15) is 36.5 Å². The Hall–Kier alpha value is -2.75. The molecule has 0 amide bonds. The Morgan fingerprint density at radius 3 is 2.50 bits per heavy atom. The Kier molecular flexibility index (Phi) is 4.30. The zero-order valence-corrected chi connectivity index (χ0v) is 14.1. The van der Waals surface area contributed by atoms with Gasteiger partial charge in [0.15, 0.2) is 0 Å². The van der Waals surface area contributed by atoms with E-state index in [1.807, 2.05) is 12.1 Å². The lowest BCUT2D eigenvalue weighted by Gasteiger charge is -2.11. The van der Waals surface area contributed by atoms with Crippen LogP contribution in [-0.4, -0.2) is 5.11 Å². The third kappa shape index (κ3) is 3.13. The van der Waals surface area contributed by atoms with Gasteiger partial charge in [0, 0.05) is 29.2 Å². The number of aryl methyl sites for hydroxylation is 1. The highest BCUT2D eigenvalue weighted by atomic mass is 16.4. The van der Waals surface area contributed by atoms with E-state index < -0.39 is 5.63 Å². The first-order chi connectivity index (χ1) is 11.5. The van der Waals surface area contributed by atoms with Crippen molar-refractivity contribution in [3.05, 3.63) is 69.6 Å². The number of anilines is 1. The predicted octanol–water partition coefficient (Wildman–Crippen LogP) is 4.54. The fraction of sp³-hybridized carbons (Fsp3) is 0.250. The van der Waals surface area contributed by atoms with E-state index in [4.69, 9.17) is 4.42 Å². The summed E-state index contributed by atoms with van der Waals surface area (Å²) in [6, 6.07) is 13.2. The van der Waals surface area contributed by atoms with Crippen molar-refractivity contribution in [1.29, 1.82) is 0 Å². The SMILES string of the molecule is Cc1c(O)ccc2c(CNc3ccc(C(C)C)cc3)cc(=O)oc12. The van der Waals surface area contributed by atoms with Gasteiger partial charge in [-0.05, 0) is 48.2 Å². The minimum Gasteiger partial charge on any atom is -0.508 e. The van der Waals surface area contributed by atoms with E-state index >= 15 is 0 Å². The van der Waals surface area contributed by atoms with Crippen LogP contribution < -0.4 is 10.9 Å². The topological polar surface area (TPSA) is 62.5 Å². The van der Waals surface area contributed by atoms with Crippen LogP contribution in [0.4, 0.5) is 5.69 Å². The van der Waals surface area contributed by atoms with Crippen LogP contribution in [0.15, 0.2) is 51.7 Å². The van der Waals surface area contributed by atoms with E-state index in [9.17, 15) is 9.90 Å². The maximum absolute atomic E-state index is 11.8. The molecule has 0 saturated heterocycles. The molecule has 0 aliphatic carbocycles. The lowest BCUT2D eigenvalue weighted by Crippen LogP contribution is -2.06. The molecule has 0 unspecified atom stereocenters. The van der Waals surface area contributed by atoms with E-state index in [0.29, 0.717) is 23.6 Å². The number of hydrogen-bond acceptors (Lipinski definition) is 4. The Balaban J connectivity index is 1.90. The predicted molar refractivity (Wildman–Crippen MR) is 96.7 cm³/mol. The molecule has 124 valence electrons. The Bertz CT molecular complexity index is 924. The summed E-state index contributed by atoms with van der Waals surface area (Å²) in [4.78, 5) is 11.8. The van der Waals surface area contributed by atoms with Gasteiger partial charge in [-0.2, -0.15) is 0 Å². The number of phenolic OH excluding ortho intramolecular Hbond substituents is 1. The molecule has 0 aliphatic heterocycles. The summed E-state index contributed by atoms with van der Waals surface area (Å²) < 4.78 is 5.26. The minimum atomic E-state index is -0.414. The van der Waals surface area contributed by atoms with Crippen molar-refractivity contribution in [3.63, 3.8) is 0 Å². The van der Waals surface area contributed by atoms with Gasteiger partial charge in [0.2, 0.25) is 0 Å². The fourth-order valence-corrected chi connectivity index (χ4v) is 2.75. The number of rotatable bonds is 4. The van der Waals surface area contributed by atoms with Crippen molar-refractivity contribution >= 4 is 16.7 Å². The van der Waals surface area contributed by atoms with Gasteiger partial charge in [-0.25, -0.2) is 4.79 Å². The Morgan fingerprint density at radius 1 is 1.12 bits per heavy atom. The molecule has 4 heteroatoms. The molecule has 24 heavy (non-hydrogen) atoms. The molecular formula is C20H21NO3. The molecule has 0 aliphatic rings. The largest absolute Gasteiger partial charge is 0.508 e. The summed E-state index contributed by atoms with van der Waals surface area (Å²) in [6.07, 6.45) is 0. The van der Waals surface area contributed by atoms with Gasteiger partial charge in [-0.15, -0.1) is 0 Å². The van der Waals surface area contributed by atoms with E-state index in [1.165, 1.54) is 11.6 Å². The van der Waals surface area contributed by atoms with Crippen molar-refractivity contribution in [2.75, 3.05) is 5.32 Å². The normalized spacial score (nSPS) is 11.2. The van der Waals surface area contributed by atoms with Crippen LogP contribution >= 0.6 is 0 Å². The van der Waals surface area contributed by atoms with Crippen molar-refractivity contribution in [3.8, 4) is 5.75 Å². The first-order valence-corrected chi connectivity index (χ1v) is 8.05. The number of nitrogens with one attached hydrogen (secondary N) is 1. The molecule has 3 aromatic rings. The molecule has 2 aromatic carbocycles. The van der Waals surface area contributed by atoms with Gasteiger partial charge in [-0.1, -0.05) is 26.0 Å². The number of benzene rings is 2. The third-order valence-electron chi connectivity index (χ3n) is 4.28. The second kappa shape index (κ2) is 6.40. The molecule has 1 aromatic heterocycles. The quantitative estimate of drug-likeness (QED) is 0.692. The highest BCUT2D eigenvalue weighted by Gasteiger charge is 2.10. The van der Waals surface area contributed by atoms with Crippen LogP contribution in [0, 0.1) is 6.92 Å². The molecular weight excluding hydrogens is 302 g/mol. The molecule has 2 N–H and O–H groups in total. The summed E-state index contributed by atoms with van der Waals surface area (Å²) in [6.45, 7) is 6.57. The molecule has 0 fully saturated rings. The molecule has 0 spiro atoms. The monoisotopic (exact) mass is 323 g/mol. The van der Waals surface area contributed by atoms with Crippen LogP contribution in [0.3, 0.4) is 0 Å². The van der Waals surface area contributed by atoms with E-state index in [-0.39, 0.29) is 5.75 Å². The van der Waals surface area contributed by atoms with Gasteiger partial charge in [0.1, 0.15) is 11.3 Å². The smallest absolute Gasteiger partial charge is 0.336 e. The van der Waals surface area contributed by atoms with Crippen molar-refractivity contribution < 1.29 is 9.52 Å². The molecule has 0 bridgehead atoms. The molecule has 0 radical (unpaired) electrons. The standard InChI is InChI=1S/C20H21NO3/c1-12(2)14-4-6-16(7-5-14)21-11-15-10-19(23)24-20-13(3)18(22)9-8-17(15)20/h4-10,12,21-22H,11H2,1-3H3. The van der Waals surface area contributed by atoms with Crippen LogP contribution in [-0.2, 0) is 6.54 Å². The van der Waals surface area contributed by atoms with Gasteiger partial charge < -0.3 is 14.8 Å². The van der Waals surface area contributed by atoms with Crippen LogP contribution in [0.5, 0.6) is 5.75 Å². The third-order valence-corrected chi connectivity index (χ3v) is 4.28. The van der Waals surface area contributed by atoms with Gasteiger partial charge >= 0.3 is 5.63 Å². The Morgan fingerprint density at radius 2 is 1.83 bits per heavy atom. The summed E-state index contributed by atoms with van der Waals surface area (Å²) in [5, 5.41) is 14.0. The Labute approximate surface area is 140 Å². The molecule has 1 heterocycles. The molecule has 4 nitrogen and oxygen atoms in total. The maximum Gasteiger partial charge on any atom is 0.336 e. The molecule has 3 rings (SSSR count). The lowest BCUT2D eigenvalue weighted by molar-refractivity contribution is 0.468. The number of phenols is 1. The number of hydrogen-bond donors (Lipinski definition) is 2. The van der Waals surface area contributed by atoms with Gasteiger partial charge in [0.25, 0.3) is 0 Å². The van der Waals surface area contributed by atoms with Crippen molar-refractivity contribution in [2.45, 2.75) is 33.2 Å². The highest BCUT2D eigenvalue weighted by molar-refractivity contribution is 5.85. The second-order valence-electron chi connectivity index (χ2n) is 6.31. The maximum atomic E-state index is 11.8. The van der Waals surface area contributed by atoms with Crippen molar-refractivity contribution in [1.82, 2.24) is 0 Å².